The van der Waals surface area contributed by atoms with E-state index in [4.69, 9.17) is 5.73 Å². The molecule has 0 radical (unpaired) electrons. The van der Waals surface area contributed by atoms with Crippen molar-refractivity contribution >= 4 is 17.4 Å². The number of hydrogen-bond donors (Lipinski definition) is 2. The summed E-state index contributed by atoms with van der Waals surface area (Å²) in [6.07, 6.45) is 2.58. The Morgan fingerprint density at radius 2 is 2.15 bits per heavy atom. The standard InChI is InChI=1S/C14H11FN4O/c1-9(20)19-14-6-10(4-5-17-14)2-3-13-12(16)7-11(15)8-18-13/h4-8H,16H2,1H3,(H,17,19,20). The smallest absolute Gasteiger partial charge is 0.222 e. The lowest BCUT2D eigenvalue weighted by molar-refractivity contribution is -0.114. The molecule has 0 fully saturated rings. The Morgan fingerprint density at radius 1 is 1.35 bits per heavy atom. The summed E-state index contributed by atoms with van der Waals surface area (Å²) in [5.41, 5.74) is 6.71. The number of nitrogens with one attached hydrogen (secondary N) is 1. The van der Waals surface area contributed by atoms with Gasteiger partial charge in [-0.1, -0.05) is 5.92 Å². The Hall–Kier alpha value is -2.94. The van der Waals surface area contributed by atoms with E-state index >= 15 is 0 Å². The third-order valence-corrected chi connectivity index (χ3v) is 2.27. The number of hydrogen-bond acceptors (Lipinski definition) is 4. The zero-order valence-electron chi connectivity index (χ0n) is 10.6. The van der Waals surface area contributed by atoms with Crippen LogP contribution in [-0.2, 0) is 4.79 Å². The van der Waals surface area contributed by atoms with Crippen LogP contribution in [0, 0.1) is 17.7 Å². The van der Waals surface area contributed by atoms with Crippen LogP contribution < -0.4 is 11.1 Å². The average molecular weight is 270 g/mol. The normalized spacial score (nSPS) is 9.50. The average Bonchev–Trinajstić information content (AvgIpc) is 2.37. The van der Waals surface area contributed by atoms with Crippen molar-refractivity contribution in [1.29, 1.82) is 0 Å². The van der Waals surface area contributed by atoms with Crippen molar-refractivity contribution in [2.24, 2.45) is 0 Å². The van der Waals surface area contributed by atoms with Gasteiger partial charge in [-0.2, -0.15) is 0 Å². The molecule has 2 heterocycles. The molecule has 100 valence electrons. The molecule has 0 saturated carbocycles. The predicted molar refractivity (Wildman–Crippen MR) is 73.1 cm³/mol. The number of anilines is 2. The van der Waals surface area contributed by atoms with E-state index in [1.54, 1.807) is 12.1 Å². The molecule has 2 aromatic heterocycles. The maximum atomic E-state index is 12.8. The molecule has 0 bridgehead atoms. The molecule has 0 spiro atoms. The van der Waals surface area contributed by atoms with Crippen molar-refractivity contribution in [2.45, 2.75) is 6.92 Å². The lowest BCUT2D eigenvalue weighted by Crippen LogP contribution is -2.07. The minimum Gasteiger partial charge on any atom is -0.396 e. The second-order valence-corrected chi connectivity index (χ2v) is 3.95. The van der Waals surface area contributed by atoms with E-state index in [2.05, 4.69) is 27.1 Å². The Morgan fingerprint density at radius 3 is 2.85 bits per heavy atom. The van der Waals surface area contributed by atoms with Crippen LogP contribution in [0.1, 0.15) is 18.2 Å². The molecule has 0 aliphatic heterocycles. The first kappa shape index (κ1) is 13.5. The highest BCUT2D eigenvalue weighted by atomic mass is 19.1. The Balaban J connectivity index is 2.26. The molecule has 1 amide bonds. The third-order valence-electron chi connectivity index (χ3n) is 2.27. The van der Waals surface area contributed by atoms with E-state index in [1.807, 2.05) is 0 Å². The highest BCUT2D eigenvalue weighted by Gasteiger charge is 2.00. The van der Waals surface area contributed by atoms with Gasteiger partial charge in [-0.3, -0.25) is 4.79 Å². The summed E-state index contributed by atoms with van der Waals surface area (Å²) in [5, 5.41) is 2.55. The van der Waals surface area contributed by atoms with Gasteiger partial charge >= 0.3 is 0 Å². The van der Waals surface area contributed by atoms with Gasteiger partial charge in [0, 0.05) is 24.8 Å². The summed E-state index contributed by atoms with van der Waals surface area (Å²) in [6, 6.07) is 4.46. The van der Waals surface area contributed by atoms with Crippen LogP contribution in [0.4, 0.5) is 15.9 Å². The first-order valence-electron chi connectivity index (χ1n) is 5.71. The molecule has 0 aliphatic carbocycles. The fourth-order valence-corrected chi connectivity index (χ4v) is 1.45. The Bertz CT molecular complexity index is 719. The van der Waals surface area contributed by atoms with Crippen molar-refractivity contribution in [3.63, 3.8) is 0 Å². The fraction of sp³-hybridized carbons (Fsp3) is 0.0714. The first-order chi connectivity index (χ1) is 9.54. The van der Waals surface area contributed by atoms with Crippen LogP contribution in [0.15, 0.2) is 30.6 Å². The van der Waals surface area contributed by atoms with Gasteiger partial charge in [0.25, 0.3) is 0 Å². The number of nitrogen functional groups attached to an aromatic ring is 1. The molecule has 3 N–H and O–H groups in total. The summed E-state index contributed by atoms with van der Waals surface area (Å²) >= 11 is 0. The Labute approximate surface area is 115 Å². The number of nitrogens with zero attached hydrogens (tertiary/aromatic N) is 2. The summed E-state index contributed by atoms with van der Waals surface area (Å²) < 4.78 is 12.8. The Kier molecular flexibility index (Phi) is 3.91. The maximum absolute atomic E-state index is 12.8. The number of pyridine rings is 2. The zero-order chi connectivity index (χ0) is 14.5. The lowest BCUT2D eigenvalue weighted by atomic mass is 10.2. The molecule has 0 aromatic carbocycles. The van der Waals surface area contributed by atoms with Crippen LogP contribution in [0.2, 0.25) is 0 Å². The van der Waals surface area contributed by atoms with Gasteiger partial charge in [-0.05, 0) is 18.1 Å². The zero-order valence-corrected chi connectivity index (χ0v) is 10.6. The molecule has 0 unspecified atom stereocenters. The highest BCUT2D eigenvalue weighted by Crippen LogP contribution is 2.09. The monoisotopic (exact) mass is 270 g/mol. The lowest BCUT2D eigenvalue weighted by Gasteiger charge is -2.00. The van der Waals surface area contributed by atoms with Crippen LogP contribution in [-0.4, -0.2) is 15.9 Å². The fourth-order valence-electron chi connectivity index (χ4n) is 1.45. The molecule has 0 aliphatic rings. The number of carbonyl (C=O) groups excluding carboxylic acids is 1. The summed E-state index contributed by atoms with van der Waals surface area (Å²) in [4.78, 5) is 18.7. The summed E-state index contributed by atoms with van der Waals surface area (Å²) in [6.45, 7) is 1.39. The molecule has 6 heteroatoms. The number of amides is 1. The van der Waals surface area contributed by atoms with Crippen LogP contribution in [0.5, 0.6) is 0 Å². The molecule has 5 nitrogen and oxygen atoms in total. The molecular weight excluding hydrogens is 259 g/mol. The summed E-state index contributed by atoms with van der Waals surface area (Å²) in [7, 11) is 0. The van der Waals surface area contributed by atoms with Gasteiger partial charge < -0.3 is 11.1 Å². The van der Waals surface area contributed by atoms with Crippen LogP contribution >= 0.6 is 0 Å². The van der Waals surface area contributed by atoms with Gasteiger partial charge in [0.2, 0.25) is 5.91 Å². The van der Waals surface area contributed by atoms with E-state index in [0.29, 0.717) is 17.1 Å². The quantitative estimate of drug-likeness (QED) is 0.770. The topological polar surface area (TPSA) is 80.9 Å². The number of rotatable bonds is 1. The summed E-state index contributed by atoms with van der Waals surface area (Å²) in [5.74, 6) is 5.25. The molecular formula is C14H11FN4O. The molecule has 20 heavy (non-hydrogen) atoms. The van der Waals surface area contributed by atoms with Crippen LogP contribution in [0.3, 0.4) is 0 Å². The number of aromatic nitrogens is 2. The SMILES string of the molecule is CC(=O)Nc1cc(C#Cc2ncc(F)cc2N)ccn1. The minimum absolute atomic E-state index is 0.175. The van der Waals surface area contributed by atoms with Crippen molar-refractivity contribution in [3.8, 4) is 11.8 Å². The van der Waals surface area contributed by atoms with Gasteiger partial charge in [-0.25, -0.2) is 14.4 Å². The van der Waals surface area contributed by atoms with Gasteiger partial charge in [0.05, 0.1) is 11.9 Å². The van der Waals surface area contributed by atoms with E-state index in [9.17, 15) is 9.18 Å². The largest absolute Gasteiger partial charge is 0.396 e. The van der Waals surface area contributed by atoms with Crippen molar-refractivity contribution in [2.75, 3.05) is 11.1 Å². The van der Waals surface area contributed by atoms with Crippen molar-refractivity contribution in [3.05, 3.63) is 47.7 Å². The van der Waals surface area contributed by atoms with Gasteiger partial charge in [0.1, 0.15) is 17.3 Å². The molecule has 0 saturated heterocycles. The second-order valence-electron chi connectivity index (χ2n) is 3.95. The van der Waals surface area contributed by atoms with Crippen molar-refractivity contribution in [1.82, 2.24) is 9.97 Å². The highest BCUT2D eigenvalue weighted by molar-refractivity contribution is 5.87. The molecule has 0 atom stereocenters. The first-order valence-corrected chi connectivity index (χ1v) is 5.71. The van der Waals surface area contributed by atoms with E-state index < -0.39 is 5.82 Å². The molecule has 2 rings (SSSR count). The third kappa shape index (κ3) is 3.53. The minimum atomic E-state index is -0.509. The predicted octanol–water partition coefficient (Wildman–Crippen LogP) is 1.56. The van der Waals surface area contributed by atoms with E-state index in [1.165, 1.54) is 13.1 Å². The van der Waals surface area contributed by atoms with Crippen LogP contribution in [0.25, 0.3) is 0 Å². The van der Waals surface area contributed by atoms with E-state index in [-0.39, 0.29) is 11.6 Å². The number of halogens is 1. The van der Waals surface area contributed by atoms with Gasteiger partial charge in [0.15, 0.2) is 0 Å². The number of carbonyl (C=O) groups is 1. The van der Waals surface area contributed by atoms with Gasteiger partial charge in [-0.15, -0.1) is 0 Å². The second kappa shape index (κ2) is 5.80. The molecule has 2 aromatic rings. The van der Waals surface area contributed by atoms with E-state index in [0.717, 1.165) is 12.3 Å². The number of nitrogens with two attached hydrogens (primary N) is 1. The van der Waals surface area contributed by atoms with Crippen molar-refractivity contribution < 1.29 is 9.18 Å². The maximum Gasteiger partial charge on any atom is 0.222 e.